The van der Waals surface area contributed by atoms with Gasteiger partial charge >= 0.3 is 5.97 Å². The molecule has 57 heavy (non-hydrogen) atoms. The number of carbonyl (C=O) groups is 3. The minimum Gasteiger partial charge on any atom is -0.485 e. The molecule has 290 valence electrons. The van der Waals surface area contributed by atoms with Crippen LogP contribution in [-0.2, 0) is 31.2 Å². The number of aliphatic carboxylic acids is 1. The summed E-state index contributed by atoms with van der Waals surface area (Å²) >= 11 is 0. The molecule has 1 atom stereocenters. The van der Waals surface area contributed by atoms with Crippen LogP contribution in [0.3, 0.4) is 0 Å². The average Bonchev–Trinajstić information content (AvgIpc) is 3.25. The molecule has 0 unspecified atom stereocenters. The Labute approximate surface area is 332 Å². The van der Waals surface area contributed by atoms with Crippen LogP contribution in [0.5, 0.6) is 23.0 Å². The smallest absolute Gasteiger partial charge is 0.326 e. The molecule has 6 aromatic carbocycles. The van der Waals surface area contributed by atoms with Crippen LogP contribution in [0.4, 0.5) is 0 Å². The van der Waals surface area contributed by atoms with E-state index < -0.39 is 23.8 Å². The van der Waals surface area contributed by atoms with Crippen molar-refractivity contribution in [2.45, 2.75) is 45.3 Å². The lowest BCUT2D eigenvalue weighted by molar-refractivity contribution is -0.139. The van der Waals surface area contributed by atoms with E-state index in [2.05, 4.69) is 10.6 Å². The van der Waals surface area contributed by atoms with Crippen molar-refractivity contribution in [3.8, 4) is 23.0 Å². The monoisotopic (exact) mass is 764 g/mol. The number of rotatable bonds is 20. The third kappa shape index (κ3) is 11.7. The number of carboxylic acid groups (broad SMARTS) is 1. The molecule has 0 aliphatic carbocycles. The largest absolute Gasteiger partial charge is 0.485 e. The normalized spacial score (nSPS) is 11.2. The molecule has 6 aromatic rings. The number of ether oxygens (including phenoxy) is 4. The first-order chi connectivity index (χ1) is 27.9. The number of carbonyl (C=O) groups excluding carboxylic acids is 2. The minimum absolute atomic E-state index is 0.0450. The van der Waals surface area contributed by atoms with Crippen molar-refractivity contribution >= 4 is 17.8 Å². The maximum atomic E-state index is 13.7. The summed E-state index contributed by atoms with van der Waals surface area (Å²) in [5.74, 6) is -0.995. The fourth-order valence-electron chi connectivity index (χ4n) is 5.94. The number of hydrogen-bond acceptors (Lipinski definition) is 7. The summed E-state index contributed by atoms with van der Waals surface area (Å²) in [6.45, 7) is 1.04. The summed E-state index contributed by atoms with van der Waals surface area (Å²) < 4.78 is 24.6. The molecule has 0 radical (unpaired) electrons. The number of hydrogen-bond donors (Lipinski definition) is 3. The van der Waals surface area contributed by atoms with Crippen molar-refractivity contribution in [3.63, 3.8) is 0 Å². The fourth-order valence-corrected chi connectivity index (χ4v) is 5.94. The SMILES string of the molecule is O=C(NCCC[C@@H](NC(=O)c1cccc(OCc2ccccc2)c1OCc1ccccc1)C(=O)O)c1cccc(OCc2ccccc2)c1OCc1ccccc1. The summed E-state index contributed by atoms with van der Waals surface area (Å²) in [5, 5.41) is 15.6. The van der Waals surface area contributed by atoms with Crippen LogP contribution in [-0.4, -0.2) is 35.5 Å². The van der Waals surface area contributed by atoms with Crippen molar-refractivity contribution in [2.75, 3.05) is 6.54 Å². The van der Waals surface area contributed by atoms with Crippen LogP contribution < -0.4 is 29.6 Å². The Morgan fingerprint density at radius 2 is 0.860 bits per heavy atom. The standard InChI is InChI=1S/C47H44N2O8/c50-45(38-24-13-27-41(54-30-34-16-5-1-6-17-34)43(38)56-32-36-20-9-3-10-21-36)48-29-15-26-40(47(52)53)49-46(51)39-25-14-28-42(55-31-35-18-7-2-8-19-35)44(39)57-33-37-22-11-4-12-23-37/h1-14,16-25,27-28,40H,15,26,29-33H2,(H,48,50)(H,49,51)(H,52,53)/t40-/m1/s1. The van der Waals surface area contributed by atoms with Gasteiger partial charge in [0.15, 0.2) is 23.0 Å². The van der Waals surface area contributed by atoms with E-state index in [0.29, 0.717) is 17.2 Å². The van der Waals surface area contributed by atoms with Gasteiger partial charge in [-0.1, -0.05) is 133 Å². The molecule has 0 saturated heterocycles. The summed E-state index contributed by atoms with van der Waals surface area (Å²) in [4.78, 5) is 39.7. The summed E-state index contributed by atoms with van der Waals surface area (Å²) in [6, 6.07) is 47.2. The Morgan fingerprint density at radius 3 is 1.26 bits per heavy atom. The van der Waals surface area contributed by atoms with E-state index >= 15 is 0 Å². The first-order valence-corrected chi connectivity index (χ1v) is 18.7. The highest BCUT2D eigenvalue weighted by Gasteiger charge is 2.25. The van der Waals surface area contributed by atoms with E-state index in [0.717, 1.165) is 22.3 Å². The van der Waals surface area contributed by atoms with E-state index in [1.54, 1.807) is 36.4 Å². The molecule has 2 amide bonds. The zero-order valence-electron chi connectivity index (χ0n) is 31.3. The zero-order valence-corrected chi connectivity index (χ0v) is 31.3. The van der Waals surface area contributed by atoms with Crippen molar-refractivity contribution in [1.82, 2.24) is 10.6 Å². The van der Waals surface area contributed by atoms with Gasteiger partial charge in [-0.15, -0.1) is 0 Å². The number of carboxylic acids is 1. The van der Waals surface area contributed by atoms with E-state index in [9.17, 15) is 19.5 Å². The molecule has 0 saturated carbocycles. The molecular weight excluding hydrogens is 721 g/mol. The number of amides is 2. The van der Waals surface area contributed by atoms with Gasteiger partial charge < -0.3 is 34.7 Å². The van der Waals surface area contributed by atoms with Gasteiger partial charge in [0.2, 0.25) is 0 Å². The molecule has 0 bridgehead atoms. The fraction of sp³-hybridized carbons (Fsp3) is 0.170. The summed E-state index contributed by atoms with van der Waals surface area (Å²) in [7, 11) is 0. The van der Waals surface area contributed by atoms with Crippen molar-refractivity contribution in [3.05, 3.63) is 191 Å². The lowest BCUT2D eigenvalue weighted by atomic mass is 10.1. The third-order valence-electron chi connectivity index (χ3n) is 8.93. The van der Waals surface area contributed by atoms with Crippen molar-refractivity contribution in [1.29, 1.82) is 0 Å². The highest BCUT2D eigenvalue weighted by atomic mass is 16.5. The van der Waals surface area contributed by atoms with E-state index in [-0.39, 0.29) is 62.7 Å². The molecule has 6 rings (SSSR count). The van der Waals surface area contributed by atoms with Crippen molar-refractivity contribution < 1.29 is 38.4 Å². The molecular formula is C47H44N2O8. The zero-order chi connectivity index (χ0) is 39.7. The third-order valence-corrected chi connectivity index (χ3v) is 8.93. The maximum Gasteiger partial charge on any atom is 0.326 e. The van der Waals surface area contributed by atoms with Crippen LogP contribution in [0.15, 0.2) is 158 Å². The first kappa shape index (κ1) is 39.6. The van der Waals surface area contributed by atoms with Gasteiger partial charge in [-0.25, -0.2) is 4.79 Å². The average molecular weight is 765 g/mol. The Hall–Kier alpha value is -7.07. The molecule has 0 aliphatic heterocycles. The minimum atomic E-state index is -1.25. The van der Waals surface area contributed by atoms with Crippen LogP contribution in [0.2, 0.25) is 0 Å². The van der Waals surface area contributed by atoms with Gasteiger partial charge in [-0.3, -0.25) is 9.59 Å². The second-order valence-corrected chi connectivity index (χ2v) is 13.1. The Morgan fingerprint density at radius 1 is 0.474 bits per heavy atom. The van der Waals surface area contributed by atoms with Crippen molar-refractivity contribution in [2.24, 2.45) is 0 Å². The molecule has 0 spiro atoms. The number of nitrogens with one attached hydrogen (secondary N) is 2. The lowest BCUT2D eigenvalue weighted by Gasteiger charge is -2.19. The van der Waals surface area contributed by atoms with Crippen LogP contribution in [0.1, 0.15) is 55.8 Å². The Bertz CT molecular complexity index is 2200. The molecule has 10 nitrogen and oxygen atoms in total. The quantitative estimate of drug-likeness (QED) is 0.0661. The molecule has 0 heterocycles. The molecule has 0 aliphatic rings. The van der Waals surface area contributed by atoms with Crippen LogP contribution in [0, 0.1) is 0 Å². The Kier molecular flexibility index (Phi) is 14.3. The van der Waals surface area contributed by atoms with E-state index in [1.807, 2.05) is 121 Å². The maximum absolute atomic E-state index is 13.7. The molecule has 0 fully saturated rings. The first-order valence-electron chi connectivity index (χ1n) is 18.7. The Balaban J connectivity index is 1.10. The highest BCUT2D eigenvalue weighted by molar-refractivity contribution is 6.00. The van der Waals surface area contributed by atoms with E-state index in [4.69, 9.17) is 18.9 Å². The van der Waals surface area contributed by atoms with Gasteiger partial charge in [0.1, 0.15) is 32.5 Å². The number of benzene rings is 6. The van der Waals surface area contributed by atoms with E-state index in [1.165, 1.54) is 0 Å². The second kappa shape index (κ2) is 20.6. The van der Waals surface area contributed by atoms with Gasteiger partial charge in [-0.2, -0.15) is 0 Å². The molecule has 3 N–H and O–H groups in total. The molecule has 0 aromatic heterocycles. The lowest BCUT2D eigenvalue weighted by Crippen LogP contribution is -2.41. The second-order valence-electron chi connectivity index (χ2n) is 13.1. The predicted octanol–water partition coefficient (Wildman–Crippen LogP) is 8.40. The topological polar surface area (TPSA) is 132 Å². The van der Waals surface area contributed by atoms with Gasteiger partial charge in [0.25, 0.3) is 11.8 Å². The highest BCUT2D eigenvalue weighted by Crippen LogP contribution is 2.34. The van der Waals surface area contributed by atoms with Crippen LogP contribution >= 0.6 is 0 Å². The van der Waals surface area contributed by atoms with Crippen LogP contribution in [0.25, 0.3) is 0 Å². The van der Waals surface area contributed by atoms with Gasteiger partial charge in [-0.05, 0) is 59.4 Å². The predicted molar refractivity (Wildman–Crippen MR) is 216 cm³/mol. The molecule has 10 heteroatoms. The van der Waals surface area contributed by atoms with Gasteiger partial charge in [0.05, 0.1) is 11.1 Å². The van der Waals surface area contributed by atoms with Gasteiger partial charge in [0, 0.05) is 6.54 Å². The number of para-hydroxylation sites is 2. The summed E-state index contributed by atoms with van der Waals surface area (Å²) in [5.41, 5.74) is 4.10. The summed E-state index contributed by atoms with van der Waals surface area (Å²) in [6.07, 6.45) is 0.300.